The highest BCUT2D eigenvalue weighted by Gasteiger charge is 2.13. The third-order valence-electron chi connectivity index (χ3n) is 3.46. The Hall–Kier alpha value is -2.26. The molecule has 2 nitrogen and oxygen atoms in total. The van der Waals surface area contributed by atoms with E-state index in [1.807, 2.05) is 30.3 Å². The summed E-state index contributed by atoms with van der Waals surface area (Å²) in [5.74, 6) is 4.12. The first kappa shape index (κ1) is 16.1. The summed E-state index contributed by atoms with van der Waals surface area (Å²) in [6.07, 6.45) is 4.76. The molecule has 0 fully saturated rings. The number of phenols is 1. The highest BCUT2D eigenvalue weighted by atomic mass is 32.2. The lowest BCUT2D eigenvalue weighted by molar-refractivity contribution is 0.469. The van der Waals surface area contributed by atoms with Gasteiger partial charge in [0.2, 0.25) is 0 Å². The molecule has 0 aliphatic rings. The molecule has 114 valence electrons. The van der Waals surface area contributed by atoms with Crippen LogP contribution >= 0.6 is 0 Å². The molecule has 2 aromatic carbocycles. The largest absolute Gasteiger partial charge is 0.508 e. The van der Waals surface area contributed by atoms with Gasteiger partial charge < -0.3 is 5.11 Å². The molecule has 0 radical (unpaired) electrons. The van der Waals surface area contributed by atoms with Crippen LogP contribution in [0, 0.1) is 0 Å². The Balaban J connectivity index is 2.50. The standard InChI is InChI=1S/C19H20O2S/c1-4-7-15-9-6-10-17(13-15)22(3,21)18-11-12-19(20)16(14-18)8-5-2/h4-6,9-14,20H,1-3,7-8H2. The summed E-state index contributed by atoms with van der Waals surface area (Å²) in [7, 11) is -2.62. The molecule has 0 amide bonds. The minimum Gasteiger partial charge on any atom is -0.508 e. The topological polar surface area (TPSA) is 37.3 Å². The van der Waals surface area contributed by atoms with Gasteiger partial charge in [-0.2, -0.15) is 0 Å². The molecule has 1 unspecified atom stereocenters. The van der Waals surface area contributed by atoms with Gasteiger partial charge in [0.1, 0.15) is 5.75 Å². The molecule has 0 aromatic heterocycles. The van der Waals surface area contributed by atoms with E-state index in [4.69, 9.17) is 0 Å². The van der Waals surface area contributed by atoms with E-state index in [2.05, 4.69) is 19.0 Å². The average Bonchev–Trinajstić information content (AvgIpc) is 2.50. The van der Waals surface area contributed by atoms with Crippen LogP contribution in [0.1, 0.15) is 11.1 Å². The van der Waals surface area contributed by atoms with Gasteiger partial charge in [-0.15, -0.1) is 13.2 Å². The normalized spacial score (nSPS) is 13.3. The van der Waals surface area contributed by atoms with Crippen molar-refractivity contribution in [1.82, 2.24) is 0 Å². The highest BCUT2D eigenvalue weighted by molar-refractivity contribution is 8.00. The maximum atomic E-state index is 13.2. The summed E-state index contributed by atoms with van der Waals surface area (Å²) in [6, 6.07) is 12.5. The van der Waals surface area contributed by atoms with Gasteiger partial charge >= 0.3 is 0 Å². The van der Waals surface area contributed by atoms with Crippen LogP contribution in [-0.2, 0) is 22.4 Å². The molecular formula is C19H20O2S. The molecule has 3 heteroatoms. The molecule has 2 rings (SSSR count). The van der Waals surface area contributed by atoms with Crippen LogP contribution in [0.25, 0.3) is 0 Å². The summed E-state index contributed by atoms with van der Waals surface area (Å²) in [5, 5.41) is 9.84. The van der Waals surface area contributed by atoms with Crippen LogP contribution in [0.3, 0.4) is 0 Å². The van der Waals surface area contributed by atoms with E-state index in [-0.39, 0.29) is 5.75 Å². The second-order valence-electron chi connectivity index (χ2n) is 5.10. The van der Waals surface area contributed by atoms with Gasteiger partial charge in [-0.05, 0) is 60.2 Å². The van der Waals surface area contributed by atoms with Crippen molar-refractivity contribution >= 4 is 15.4 Å². The fourth-order valence-corrected chi connectivity index (χ4v) is 3.80. The fourth-order valence-electron chi connectivity index (χ4n) is 2.27. The molecule has 1 atom stereocenters. The van der Waals surface area contributed by atoms with E-state index in [9.17, 15) is 9.32 Å². The lowest BCUT2D eigenvalue weighted by Gasteiger charge is -2.13. The zero-order valence-electron chi connectivity index (χ0n) is 12.5. The minimum atomic E-state index is -2.62. The number of hydrogen-bond donors (Lipinski definition) is 1. The lowest BCUT2D eigenvalue weighted by atomic mass is 10.1. The van der Waals surface area contributed by atoms with E-state index in [1.54, 1.807) is 24.3 Å². The van der Waals surface area contributed by atoms with E-state index in [0.717, 1.165) is 12.0 Å². The van der Waals surface area contributed by atoms with Crippen LogP contribution in [-0.4, -0.2) is 15.2 Å². The molecule has 0 saturated heterocycles. The Morgan fingerprint density at radius 3 is 2.36 bits per heavy atom. The number of phenolic OH excluding ortho intramolecular Hbond substituents is 1. The number of benzene rings is 2. The lowest BCUT2D eigenvalue weighted by Crippen LogP contribution is -2.03. The minimum absolute atomic E-state index is 0.180. The van der Waals surface area contributed by atoms with Gasteiger partial charge in [0.25, 0.3) is 0 Å². The molecule has 2 aromatic rings. The van der Waals surface area contributed by atoms with Crippen molar-refractivity contribution in [3.8, 4) is 5.75 Å². The van der Waals surface area contributed by atoms with E-state index in [1.165, 1.54) is 0 Å². The van der Waals surface area contributed by atoms with Gasteiger partial charge in [-0.3, -0.25) is 4.21 Å². The van der Waals surface area contributed by atoms with E-state index < -0.39 is 9.52 Å². The quantitative estimate of drug-likeness (QED) is 0.647. The molecule has 0 saturated carbocycles. The summed E-state index contributed by atoms with van der Waals surface area (Å²) in [5.41, 5.74) is 1.75. The first-order valence-electron chi connectivity index (χ1n) is 6.99. The highest BCUT2D eigenvalue weighted by Crippen LogP contribution is 2.27. The first-order chi connectivity index (χ1) is 10.5. The van der Waals surface area contributed by atoms with Crippen molar-refractivity contribution < 1.29 is 9.32 Å². The Kier molecular flexibility index (Phi) is 4.88. The van der Waals surface area contributed by atoms with Gasteiger partial charge in [0.15, 0.2) is 0 Å². The average molecular weight is 312 g/mol. The van der Waals surface area contributed by atoms with Crippen LogP contribution < -0.4 is 0 Å². The van der Waals surface area contributed by atoms with Crippen molar-refractivity contribution in [2.75, 3.05) is 0 Å². The van der Waals surface area contributed by atoms with Crippen molar-refractivity contribution in [3.63, 3.8) is 0 Å². The van der Waals surface area contributed by atoms with Gasteiger partial charge in [0.05, 0.1) is 0 Å². The van der Waals surface area contributed by atoms with Crippen molar-refractivity contribution in [2.24, 2.45) is 0 Å². The Bertz CT molecular complexity index is 802. The summed E-state index contributed by atoms with van der Waals surface area (Å²) in [6.45, 7) is 7.40. The summed E-state index contributed by atoms with van der Waals surface area (Å²) in [4.78, 5) is 1.29. The van der Waals surface area contributed by atoms with Crippen LogP contribution in [0.2, 0.25) is 0 Å². The van der Waals surface area contributed by atoms with Crippen LogP contribution in [0.4, 0.5) is 0 Å². The second kappa shape index (κ2) is 6.67. The second-order valence-corrected chi connectivity index (χ2v) is 7.39. The van der Waals surface area contributed by atoms with Crippen molar-refractivity contribution in [3.05, 3.63) is 78.9 Å². The maximum absolute atomic E-state index is 13.2. The van der Waals surface area contributed by atoms with Crippen molar-refractivity contribution in [1.29, 1.82) is 0 Å². The molecule has 22 heavy (non-hydrogen) atoms. The Morgan fingerprint density at radius 2 is 1.68 bits per heavy atom. The zero-order valence-corrected chi connectivity index (χ0v) is 13.3. The molecule has 0 spiro atoms. The van der Waals surface area contributed by atoms with E-state index in [0.29, 0.717) is 21.8 Å². The predicted octanol–water partition coefficient (Wildman–Crippen LogP) is 3.98. The molecule has 0 bridgehead atoms. The van der Waals surface area contributed by atoms with Gasteiger partial charge in [-0.1, -0.05) is 24.3 Å². The maximum Gasteiger partial charge on any atom is 0.119 e. The van der Waals surface area contributed by atoms with Crippen LogP contribution in [0.5, 0.6) is 5.75 Å². The Labute approximate surface area is 132 Å². The number of rotatable bonds is 6. The molecule has 0 aliphatic heterocycles. The fraction of sp³-hybridized carbons (Fsp3) is 0.105. The molecular weight excluding hydrogens is 292 g/mol. The van der Waals surface area contributed by atoms with Gasteiger partial charge in [0, 0.05) is 19.3 Å². The number of hydrogen-bond acceptors (Lipinski definition) is 2. The third-order valence-corrected chi connectivity index (χ3v) is 5.49. The SMILES string of the molecule is C=CCc1cccc(S(=C)(=O)c2ccc(O)c(CC=C)c2)c1. The predicted molar refractivity (Wildman–Crippen MR) is 94.1 cm³/mol. The zero-order chi connectivity index (χ0) is 16.2. The van der Waals surface area contributed by atoms with E-state index >= 15 is 0 Å². The van der Waals surface area contributed by atoms with Crippen LogP contribution in [0.15, 0.2) is 77.6 Å². The molecule has 0 aliphatic carbocycles. The summed E-state index contributed by atoms with van der Waals surface area (Å²) < 4.78 is 13.2. The monoisotopic (exact) mass is 312 g/mol. The van der Waals surface area contributed by atoms with Crippen molar-refractivity contribution in [2.45, 2.75) is 22.6 Å². The Morgan fingerprint density at radius 1 is 1.00 bits per heavy atom. The number of aromatic hydroxyl groups is 1. The summed E-state index contributed by atoms with van der Waals surface area (Å²) >= 11 is 0. The van der Waals surface area contributed by atoms with Gasteiger partial charge in [-0.25, -0.2) is 0 Å². The molecule has 0 heterocycles. The number of allylic oxidation sites excluding steroid dienone is 2. The smallest absolute Gasteiger partial charge is 0.119 e. The third kappa shape index (κ3) is 3.31. The molecule has 1 N–H and O–H groups in total. The first-order valence-corrected chi connectivity index (χ1v) is 8.71.